The minimum Gasteiger partial charge on any atom is -0.478 e. The topological polar surface area (TPSA) is 47.0 Å². The molecule has 0 radical (unpaired) electrons. The molecular weight excluding hydrogens is 294 g/mol. The number of anilines is 1. The fourth-order valence-corrected chi connectivity index (χ4v) is 1.93. The second-order valence-electron chi connectivity index (χ2n) is 3.63. The van der Waals surface area contributed by atoms with Crippen molar-refractivity contribution >= 4 is 21.9 Å². The van der Waals surface area contributed by atoms with Crippen molar-refractivity contribution in [2.45, 2.75) is 13.5 Å². The minimum atomic E-state index is 0.570. The number of hydrogen-bond acceptors (Lipinski definition) is 4. The Hall–Kier alpha value is -1.62. The molecule has 5 heteroatoms. The Bertz CT molecular complexity index is 519. The van der Waals surface area contributed by atoms with E-state index >= 15 is 0 Å². The zero-order valence-electron chi connectivity index (χ0n) is 10.1. The van der Waals surface area contributed by atoms with Crippen molar-refractivity contribution < 1.29 is 4.74 Å². The lowest BCUT2D eigenvalue weighted by Crippen LogP contribution is -2.04. The Kier molecular flexibility index (Phi) is 4.52. The monoisotopic (exact) mass is 307 g/mol. The summed E-state index contributed by atoms with van der Waals surface area (Å²) in [6.45, 7) is 3.20. The molecular formula is C13H14BrN3O. The lowest BCUT2D eigenvalue weighted by molar-refractivity contribution is 0.326. The normalized spacial score (nSPS) is 10.1. The molecule has 18 heavy (non-hydrogen) atoms. The van der Waals surface area contributed by atoms with Gasteiger partial charge in [0.15, 0.2) is 0 Å². The lowest BCUT2D eigenvalue weighted by atomic mass is 10.2. The van der Waals surface area contributed by atoms with Crippen LogP contribution in [0.25, 0.3) is 0 Å². The molecule has 0 aliphatic carbocycles. The summed E-state index contributed by atoms with van der Waals surface area (Å²) in [6.07, 6.45) is 1.68. The SMILES string of the molecule is CCOc1ccnc(NCc2cccc(Br)c2)n1. The van der Waals surface area contributed by atoms with Crippen LogP contribution in [0.2, 0.25) is 0 Å². The highest BCUT2D eigenvalue weighted by atomic mass is 79.9. The van der Waals surface area contributed by atoms with E-state index in [4.69, 9.17) is 4.74 Å². The van der Waals surface area contributed by atoms with Gasteiger partial charge in [-0.25, -0.2) is 4.98 Å². The van der Waals surface area contributed by atoms with Crippen molar-refractivity contribution in [3.63, 3.8) is 0 Å². The third-order valence-electron chi connectivity index (χ3n) is 2.26. The third-order valence-corrected chi connectivity index (χ3v) is 2.76. The van der Waals surface area contributed by atoms with Crippen LogP contribution in [0.1, 0.15) is 12.5 Å². The summed E-state index contributed by atoms with van der Waals surface area (Å²) in [6, 6.07) is 9.84. The average Bonchev–Trinajstić information content (AvgIpc) is 2.37. The number of ether oxygens (including phenoxy) is 1. The summed E-state index contributed by atoms with van der Waals surface area (Å²) in [5.74, 6) is 1.16. The Balaban J connectivity index is 1.99. The number of halogens is 1. The van der Waals surface area contributed by atoms with Gasteiger partial charge in [-0.3, -0.25) is 0 Å². The molecule has 1 aromatic heterocycles. The van der Waals surface area contributed by atoms with Crippen molar-refractivity contribution in [3.05, 3.63) is 46.6 Å². The molecule has 0 spiro atoms. The van der Waals surface area contributed by atoms with E-state index in [9.17, 15) is 0 Å². The molecule has 1 heterocycles. The van der Waals surface area contributed by atoms with E-state index in [1.807, 2.05) is 25.1 Å². The zero-order valence-corrected chi connectivity index (χ0v) is 11.6. The first-order valence-corrected chi connectivity index (χ1v) is 6.51. The maximum absolute atomic E-state index is 5.32. The summed E-state index contributed by atoms with van der Waals surface area (Å²) in [5.41, 5.74) is 1.16. The number of aromatic nitrogens is 2. The van der Waals surface area contributed by atoms with Gasteiger partial charge in [-0.2, -0.15) is 4.98 Å². The molecule has 0 saturated heterocycles. The number of nitrogens with zero attached hydrogens (tertiary/aromatic N) is 2. The van der Waals surface area contributed by atoms with Gasteiger partial charge in [0.25, 0.3) is 0 Å². The van der Waals surface area contributed by atoms with Gasteiger partial charge in [0.1, 0.15) is 0 Å². The van der Waals surface area contributed by atoms with Crippen LogP contribution in [0, 0.1) is 0 Å². The van der Waals surface area contributed by atoms with Crippen molar-refractivity contribution in [2.75, 3.05) is 11.9 Å². The van der Waals surface area contributed by atoms with E-state index in [1.165, 1.54) is 0 Å². The quantitative estimate of drug-likeness (QED) is 0.921. The van der Waals surface area contributed by atoms with Crippen molar-refractivity contribution in [2.24, 2.45) is 0 Å². The molecule has 1 aromatic carbocycles. The predicted octanol–water partition coefficient (Wildman–Crippen LogP) is 3.25. The molecule has 94 valence electrons. The summed E-state index contributed by atoms with van der Waals surface area (Å²) in [4.78, 5) is 8.39. The zero-order chi connectivity index (χ0) is 12.8. The van der Waals surface area contributed by atoms with E-state index in [-0.39, 0.29) is 0 Å². The largest absolute Gasteiger partial charge is 0.478 e. The Morgan fingerprint density at radius 3 is 3.00 bits per heavy atom. The highest BCUT2D eigenvalue weighted by molar-refractivity contribution is 9.10. The van der Waals surface area contributed by atoms with Crippen molar-refractivity contribution in [3.8, 4) is 5.88 Å². The fraction of sp³-hybridized carbons (Fsp3) is 0.231. The van der Waals surface area contributed by atoms with Crippen molar-refractivity contribution in [1.29, 1.82) is 0 Å². The van der Waals surface area contributed by atoms with Crippen LogP contribution in [0.4, 0.5) is 5.95 Å². The second-order valence-corrected chi connectivity index (χ2v) is 4.55. The van der Waals surface area contributed by atoms with Gasteiger partial charge in [-0.15, -0.1) is 0 Å². The molecule has 0 fully saturated rings. The number of benzene rings is 1. The number of nitrogens with one attached hydrogen (secondary N) is 1. The molecule has 0 atom stereocenters. The first-order valence-electron chi connectivity index (χ1n) is 5.72. The third kappa shape index (κ3) is 3.70. The molecule has 0 aliphatic heterocycles. The molecule has 1 N–H and O–H groups in total. The second kappa shape index (κ2) is 6.35. The highest BCUT2D eigenvalue weighted by Crippen LogP contribution is 2.13. The summed E-state index contributed by atoms with van der Waals surface area (Å²) < 4.78 is 6.38. The summed E-state index contributed by atoms with van der Waals surface area (Å²) in [5, 5.41) is 3.16. The van der Waals surface area contributed by atoms with Crippen LogP contribution in [0.15, 0.2) is 41.0 Å². The maximum Gasteiger partial charge on any atom is 0.226 e. The van der Waals surface area contributed by atoms with Gasteiger partial charge in [0, 0.05) is 23.3 Å². The smallest absolute Gasteiger partial charge is 0.226 e. The van der Waals surface area contributed by atoms with Crippen LogP contribution in [0.3, 0.4) is 0 Å². The first kappa shape index (κ1) is 12.8. The van der Waals surface area contributed by atoms with Crippen LogP contribution >= 0.6 is 15.9 Å². The van der Waals surface area contributed by atoms with Crippen molar-refractivity contribution in [1.82, 2.24) is 9.97 Å². The fourth-order valence-electron chi connectivity index (χ4n) is 1.48. The van der Waals surface area contributed by atoms with Crippen LogP contribution in [-0.2, 0) is 6.54 Å². The van der Waals surface area contributed by atoms with E-state index in [2.05, 4.69) is 37.3 Å². The molecule has 0 aliphatic rings. The van der Waals surface area contributed by atoms with E-state index in [0.29, 0.717) is 25.0 Å². The van der Waals surface area contributed by atoms with Gasteiger partial charge in [-0.05, 0) is 24.6 Å². The number of hydrogen-bond donors (Lipinski definition) is 1. The molecule has 0 amide bonds. The average molecular weight is 308 g/mol. The first-order chi connectivity index (χ1) is 8.78. The standard InChI is InChI=1S/C13H14BrN3O/c1-2-18-12-6-7-15-13(17-12)16-9-10-4-3-5-11(14)8-10/h3-8H,2,9H2,1H3,(H,15,16,17). The van der Waals surface area contributed by atoms with Gasteiger partial charge in [0.05, 0.1) is 6.61 Å². The Labute approximate surface area is 115 Å². The molecule has 0 saturated carbocycles. The van der Waals surface area contributed by atoms with E-state index in [0.717, 1.165) is 10.0 Å². The van der Waals surface area contributed by atoms with Gasteiger partial charge in [-0.1, -0.05) is 28.1 Å². The molecule has 2 aromatic rings. The molecule has 0 unspecified atom stereocenters. The van der Waals surface area contributed by atoms with Crippen LogP contribution in [0.5, 0.6) is 5.88 Å². The van der Waals surface area contributed by atoms with Crippen LogP contribution in [-0.4, -0.2) is 16.6 Å². The van der Waals surface area contributed by atoms with E-state index in [1.54, 1.807) is 12.3 Å². The molecule has 0 bridgehead atoms. The Morgan fingerprint density at radius 2 is 2.22 bits per heavy atom. The Morgan fingerprint density at radius 1 is 1.33 bits per heavy atom. The van der Waals surface area contributed by atoms with E-state index < -0.39 is 0 Å². The lowest BCUT2D eigenvalue weighted by Gasteiger charge is -2.07. The maximum atomic E-state index is 5.32. The predicted molar refractivity (Wildman–Crippen MR) is 74.7 cm³/mol. The van der Waals surface area contributed by atoms with Gasteiger partial charge in [0.2, 0.25) is 11.8 Å². The molecule has 4 nitrogen and oxygen atoms in total. The summed E-state index contributed by atoms with van der Waals surface area (Å²) >= 11 is 3.44. The van der Waals surface area contributed by atoms with Gasteiger partial charge >= 0.3 is 0 Å². The minimum absolute atomic E-state index is 0.570. The molecule has 2 rings (SSSR count). The number of rotatable bonds is 5. The van der Waals surface area contributed by atoms with Crippen LogP contribution < -0.4 is 10.1 Å². The highest BCUT2D eigenvalue weighted by Gasteiger charge is 2.00. The summed E-state index contributed by atoms with van der Waals surface area (Å²) in [7, 11) is 0. The van der Waals surface area contributed by atoms with Gasteiger partial charge < -0.3 is 10.1 Å².